The van der Waals surface area contributed by atoms with Crippen molar-refractivity contribution in [2.45, 2.75) is 13.0 Å². The number of aryl methyl sites for hydroxylation is 1. The van der Waals surface area contributed by atoms with Gasteiger partial charge in [-0.1, -0.05) is 47.2 Å². The number of Topliss-reactive ketones (excluding diaryl/α,β-unsaturated/α-hetero) is 1. The van der Waals surface area contributed by atoms with Crippen molar-refractivity contribution < 1.29 is 19.1 Å². The molecule has 3 aromatic heterocycles. The van der Waals surface area contributed by atoms with Crippen LogP contribution >= 0.6 is 22.9 Å². The second kappa shape index (κ2) is 8.04. The number of thiazole rings is 1. The average molecular weight is 502 g/mol. The smallest absolute Gasteiger partial charge is 0.296 e. The van der Waals surface area contributed by atoms with E-state index in [9.17, 15) is 14.7 Å². The maximum absolute atomic E-state index is 13.6. The Hall–Kier alpha value is -4.01. The number of amides is 1. The SMILES string of the molecule is Cc1cc2sc(N3C(=O)C(O)=C(C(=O)c4cc5ccccc5o4)C3c3ccccn3)nc2cc1Cl. The van der Waals surface area contributed by atoms with Gasteiger partial charge in [0.05, 0.1) is 21.5 Å². The van der Waals surface area contributed by atoms with Crippen molar-refractivity contribution in [2.24, 2.45) is 0 Å². The highest BCUT2D eigenvalue weighted by atomic mass is 35.5. The Kier molecular flexibility index (Phi) is 4.94. The predicted molar refractivity (Wildman–Crippen MR) is 134 cm³/mol. The number of carbonyl (C=O) groups excluding carboxylic acids is 2. The number of benzene rings is 2. The van der Waals surface area contributed by atoms with Crippen LogP contribution in [0, 0.1) is 6.92 Å². The first-order valence-corrected chi connectivity index (χ1v) is 11.9. The van der Waals surface area contributed by atoms with Crippen LogP contribution in [-0.2, 0) is 4.79 Å². The lowest BCUT2D eigenvalue weighted by atomic mass is 9.98. The number of anilines is 1. The van der Waals surface area contributed by atoms with E-state index < -0.39 is 23.5 Å². The Morgan fingerprint density at radius 1 is 1.14 bits per heavy atom. The number of pyridine rings is 1. The topological polar surface area (TPSA) is 96.5 Å². The number of rotatable bonds is 4. The second-order valence-corrected chi connectivity index (χ2v) is 9.55. The highest BCUT2D eigenvalue weighted by molar-refractivity contribution is 7.22. The molecule has 1 amide bonds. The highest BCUT2D eigenvalue weighted by Crippen LogP contribution is 2.44. The maximum atomic E-state index is 13.6. The minimum absolute atomic E-state index is 0.0232. The van der Waals surface area contributed by atoms with Crippen molar-refractivity contribution in [1.29, 1.82) is 0 Å². The summed E-state index contributed by atoms with van der Waals surface area (Å²) in [5.74, 6) is -1.96. The quantitative estimate of drug-likeness (QED) is 0.295. The average Bonchev–Trinajstić information content (AvgIpc) is 3.54. The first-order valence-electron chi connectivity index (χ1n) is 10.7. The number of hydrogen-bond acceptors (Lipinski definition) is 7. The monoisotopic (exact) mass is 501 g/mol. The zero-order valence-electron chi connectivity index (χ0n) is 18.2. The molecule has 6 rings (SSSR count). The molecule has 1 N–H and O–H groups in total. The fraction of sp³-hybridized carbons (Fsp3) is 0.0769. The van der Waals surface area contributed by atoms with Crippen molar-refractivity contribution in [2.75, 3.05) is 4.90 Å². The lowest BCUT2D eigenvalue weighted by Gasteiger charge is -2.23. The van der Waals surface area contributed by atoms with Crippen LogP contribution in [-0.4, -0.2) is 26.8 Å². The number of ketones is 1. The van der Waals surface area contributed by atoms with Gasteiger partial charge in [-0.05, 0) is 48.9 Å². The van der Waals surface area contributed by atoms with Gasteiger partial charge in [0.25, 0.3) is 5.91 Å². The fourth-order valence-corrected chi connectivity index (χ4v) is 5.45. The highest BCUT2D eigenvalue weighted by Gasteiger charge is 2.47. The Balaban J connectivity index is 1.51. The van der Waals surface area contributed by atoms with E-state index in [-0.39, 0.29) is 11.3 Å². The van der Waals surface area contributed by atoms with Crippen molar-refractivity contribution in [3.63, 3.8) is 0 Å². The molecule has 0 saturated carbocycles. The van der Waals surface area contributed by atoms with Gasteiger partial charge in [0, 0.05) is 16.6 Å². The summed E-state index contributed by atoms with van der Waals surface area (Å²) in [6, 6.07) is 16.6. The third-order valence-corrected chi connectivity index (χ3v) is 7.36. The molecule has 0 bridgehead atoms. The molecule has 1 atom stereocenters. The Bertz CT molecular complexity index is 1620. The van der Waals surface area contributed by atoms with Crippen LogP contribution in [0.15, 0.2) is 82.6 Å². The van der Waals surface area contributed by atoms with E-state index in [2.05, 4.69) is 9.97 Å². The molecule has 172 valence electrons. The van der Waals surface area contributed by atoms with Crippen molar-refractivity contribution in [3.05, 3.63) is 100 Å². The molecular formula is C26H16ClN3O4S. The van der Waals surface area contributed by atoms with Gasteiger partial charge in [-0.2, -0.15) is 0 Å². The summed E-state index contributed by atoms with van der Waals surface area (Å²) in [5.41, 5.74) is 2.33. The first-order chi connectivity index (χ1) is 16.9. The number of aliphatic hydroxyl groups is 1. The summed E-state index contributed by atoms with van der Waals surface area (Å²) in [6.07, 6.45) is 1.57. The number of para-hydroxylation sites is 1. The van der Waals surface area contributed by atoms with Crippen LogP contribution in [0.5, 0.6) is 0 Å². The van der Waals surface area contributed by atoms with Crippen LogP contribution < -0.4 is 4.90 Å². The molecule has 0 fully saturated rings. The molecular weight excluding hydrogens is 486 g/mol. The first kappa shape index (κ1) is 21.5. The van der Waals surface area contributed by atoms with Gasteiger partial charge >= 0.3 is 0 Å². The van der Waals surface area contributed by atoms with Gasteiger partial charge in [0.15, 0.2) is 16.7 Å². The summed E-state index contributed by atoms with van der Waals surface area (Å²) >= 11 is 7.54. The summed E-state index contributed by atoms with van der Waals surface area (Å²) in [6.45, 7) is 1.89. The second-order valence-electron chi connectivity index (χ2n) is 8.14. The molecule has 0 spiro atoms. The molecule has 4 heterocycles. The van der Waals surface area contributed by atoms with Gasteiger partial charge in [0.2, 0.25) is 5.78 Å². The summed E-state index contributed by atoms with van der Waals surface area (Å²) in [5, 5.41) is 12.6. The summed E-state index contributed by atoms with van der Waals surface area (Å²) in [7, 11) is 0. The van der Waals surface area contributed by atoms with E-state index in [4.69, 9.17) is 16.0 Å². The number of carbonyl (C=O) groups is 2. The van der Waals surface area contributed by atoms with Crippen molar-refractivity contribution in [1.82, 2.24) is 9.97 Å². The Morgan fingerprint density at radius 3 is 2.71 bits per heavy atom. The molecule has 0 saturated heterocycles. The molecule has 2 aromatic carbocycles. The van der Waals surface area contributed by atoms with Crippen LogP contribution in [0.3, 0.4) is 0 Å². The molecule has 7 nitrogen and oxygen atoms in total. The number of aromatic nitrogens is 2. The molecule has 5 aromatic rings. The van der Waals surface area contributed by atoms with Gasteiger partial charge < -0.3 is 9.52 Å². The van der Waals surface area contributed by atoms with Gasteiger partial charge in [-0.15, -0.1) is 0 Å². The van der Waals surface area contributed by atoms with Gasteiger partial charge in [-0.3, -0.25) is 19.5 Å². The molecule has 1 aliphatic heterocycles. The van der Waals surface area contributed by atoms with E-state index in [0.29, 0.717) is 26.9 Å². The lowest BCUT2D eigenvalue weighted by Crippen LogP contribution is -2.31. The predicted octanol–water partition coefficient (Wildman–Crippen LogP) is 6.18. The standard InChI is InChI=1S/C26H16ClN3O4S/c1-13-10-20-17(12-15(13)27)29-26(35-20)30-22(16-7-4-5-9-28-16)21(24(32)25(30)33)23(31)19-11-14-6-2-3-8-18(14)34-19/h2-12,22,32H,1H3. The number of halogens is 1. The maximum Gasteiger partial charge on any atom is 0.296 e. The van der Waals surface area contributed by atoms with Crippen molar-refractivity contribution >= 4 is 60.9 Å². The van der Waals surface area contributed by atoms with E-state index in [0.717, 1.165) is 15.6 Å². The van der Waals surface area contributed by atoms with Crippen molar-refractivity contribution in [3.8, 4) is 0 Å². The number of aliphatic hydroxyl groups excluding tert-OH is 1. The minimum Gasteiger partial charge on any atom is -0.503 e. The zero-order valence-corrected chi connectivity index (χ0v) is 19.8. The molecule has 35 heavy (non-hydrogen) atoms. The number of furan rings is 1. The number of hydrogen-bond donors (Lipinski definition) is 1. The molecule has 9 heteroatoms. The van der Waals surface area contributed by atoms with Crippen LogP contribution in [0.4, 0.5) is 5.13 Å². The van der Waals surface area contributed by atoms with E-state index in [1.54, 1.807) is 48.7 Å². The Labute approximate surface area is 207 Å². The van der Waals surface area contributed by atoms with Gasteiger partial charge in [-0.25, -0.2) is 4.98 Å². The van der Waals surface area contributed by atoms with E-state index in [1.165, 1.54) is 16.2 Å². The van der Waals surface area contributed by atoms with Crippen LogP contribution in [0.25, 0.3) is 21.2 Å². The van der Waals surface area contributed by atoms with Crippen LogP contribution in [0.1, 0.15) is 27.9 Å². The fourth-order valence-electron chi connectivity index (χ4n) is 4.22. The van der Waals surface area contributed by atoms with E-state index >= 15 is 0 Å². The molecule has 0 radical (unpaired) electrons. The van der Waals surface area contributed by atoms with Crippen LogP contribution in [0.2, 0.25) is 5.02 Å². The molecule has 1 unspecified atom stereocenters. The third kappa shape index (κ3) is 3.41. The minimum atomic E-state index is -0.985. The molecule has 1 aliphatic rings. The zero-order chi connectivity index (χ0) is 24.3. The number of nitrogens with zero attached hydrogens (tertiary/aromatic N) is 3. The lowest BCUT2D eigenvalue weighted by molar-refractivity contribution is -0.117. The van der Waals surface area contributed by atoms with Gasteiger partial charge in [0.1, 0.15) is 11.6 Å². The largest absolute Gasteiger partial charge is 0.503 e. The number of fused-ring (bicyclic) bond motifs is 2. The summed E-state index contributed by atoms with van der Waals surface area (Å²) in [4.78, 5) is 37.3. The normalized spacial score (nSPS) is 16.1. The molecule has 0 aliphatic carbocycles. The summed E-state index contributed by atoms with van der Waals surface area (Å²) < 4.78 is 6.58. The van der Waals surface area contributed by atoms with E-state index in [1.807, 2.05) is 25.1 Å². The Morgan fingerprint density at radius 2 is 1.94 bits per heavy atom. The third-order valence-electron chi connectivity index (χ3n) is 5.93.